The van der Waals surface area contributed by atoms with Gasteiger partial charge in [0.05, 0.1) is 5.34 Å². The second kappa shape index (κ2) is 4.81. The number of rotatable bonds is 6. The Hall–Kier alpha value is -0.800. The summed E-state index contributed by atoms with van der Waals surface area (Å²) in [7, 11) is -4.48. The number of sulfone groups is 1. The highest BCUT2D eigenvalue weighted by molar-refractivity contribution is 7.92. The maximum atomic E-state index is 12.5. The summed E-state index contributed by atoms with van der Waals surface area (Å²) in [6, 6.07) is 0. The van der Waals surface area contributed by atoms with Crippen molar-refractivity contribution in [2.75, 3.05) is 12.8 Å². The molecular formula is C6H12F2N2O4S. The molecule has 9 heteroatoms. The molecule has 3 N–H and O–H groups in total. The van der Waals surface area contributed by atoms with Gasteiger partial charge in [0.15, 0.2) is 9.84 Å². The lowest BCUT2D eigenvalue weighted by atomic mass is 10.1. The number of carboxylic acid groups (broad SMARTS) is 1. The molecule has 0 saturated carbocycles. The van der Waals surface area contributed by atoms with Gasteiger partial charge in [0.1, 0.15) is 0 Å². The lowest BCUT2D eigenvalue weighted by Crippen LogP contribution is -2.54. The molecule has 1 unspecified atom stereocenters. The molecule has 0 aromatic carbocycles. The monoisotopic (exact) mass is 246 g/mol. The predicted octanol–water partition coefficient (Wildman–Crippen LogP) is -0.378. The topological polar surface area (TPSA) is 101 Å². The Morgan fingerprint density at radius 2 is 2.00 bits per heavy atom. The van der Waals surface area contributed by atoms with E-state index >= 15 is 0 Å². The van der Waals surface area contributed by atoms with Crippen LogP contribution < -0.4 is 5.73 Å². The van der Waals surface area contributed by atoms with E-state index in [-0.39, 0.29) is 13.0 Å². The van der Waals surface area contributed by atoms with Gasteiger partial charge in [0.2, 0.25) is 0 Å². The lowest BCUT2D eigenvalue weighted by Gasteiger charge is -2.26. The van der Waals surface area contributed by atoms with Gasteiger partial charge in [-0.3, -0.25) is 0 Å². The van der Waals surface area contributed by atoms with Crippen LogP contribution in [0.1, 0.15) is 12.8 Å². The van der Waals surface area contributed by atoms with Gasteiger partial charge < -0.3 is 10.8 Å². The summed E-state index contributed by atoms with van der Waals surface area (Å²) in [5, 5.41) is 6.82. The van der Waals surface area contributed by atoms with Crippen LogP contribution in [0.25, 0.3) is 0 Å². The van der Waals surface area contributed by atoms with E-state index in [9.17, 15) is 22.2 Å². The van der Waals surface area contributed by atoms with Crippen molar-refractivity contribution in [3.8, 4) is 0 Å². The molecule has 15 heavy (non-hydrogen) atoms. The molecule has 0 fully saturated rings. The second-order valence-electron chi connectivity index (χ2n) is 2.99. The third-order valence-corrected chi connectivity index (χ3v) is 3.68. The first-order chi connectivity index (χ1) is 6.70. The Morgan fingerprint density at radius 1 is 1.53 bits per heavy atom. The van der Waals surface area contributed by atoms with Crippen LogP contribution in [0.4, 0.5) is 8.96 Å². The van der Waals surface area contributed by atoms with E-state index in [1.54, 1.807) is 0 Å². The van der Waals surface area contributed by atoms with Gasteiger partial charge in [0, 0.05) is 6.26 Å². The minimum Gasteiger partial charge on any atom is -0.479 e. The molecule has 0 heterocycles. The molecule has 6 nitrogen and oxygen atoms in total. The average molecular weight is 246 g/mol. The van der Waals surface area contributed by atoms with Gasteiger partial charge in [-0.15, -0.1) is 0 Å². The average Bonchev–Trinajstić information content (AvgIpc) is 2.01. The highest BCUT2D eigenvalue weighted by atomic mass is 32.2. The summed E-state index contributed by atoms with van der Waals surface area (Å²) >= 11 is 0. The van der Waals surface area contributed by atoms with Gasteiger partial charge in [0.25, 0.3) is 4.87 Å². The molecular weight excluding hydrogens is 234 g/mol. The quantitative estimate of drug-likeness (QED) is 0.620. The molecule has 0 spiro atoms. The molecule has 90 valence electrons. The zero-order chi connectivity index (χ0) is 12.3. The SMILES string of the molecule is CS(=O)(=O)C(CCCN)(C(=O)O)N(F)F. The standard InChI is InChI=1S/C6H12F2N2O4S/c1-15(13,14)6(5(11)12,10(7)8)3-2-4-9/h2-4,9H2,1H3,(H,11,12). The van der Waals surface area contributed by atoms with Crippen LogP contribution in [-0.2, 0) is 14.6 Å². The van der Waals surface area contributed by atoms with Crippen LogP contribution >= 0.6 is 0 Å². The van der Waals surface area contributed by atoms with Crippen LogP contribution in [0.2, 0.25) is 0 Å². The molecule has 0 saturated heterocycles. The molecule has 0 radical (unpaired) electrons. The molecule has 0 amide bonds. The summed E-state index contributed by atoms with van der Waals surface area (Å²) in [4.78, 5) is 7.47. The van der Waals surface area contributed by atoms with Crippen LogP contribution in [0.5, 0.6) is 0 Å². The molecule has 0 rings (SSSR count). The van der Waals surface area contributed by atoms with E-state index in [1.807, 2.05) is 0 Å². The Kier molecular flexibility index (Phi) is 4.56. The van der Waals surface area contributed by atoms with Gasteiger partial charge in [-0.05, 0) is 19.4 Å². The van der Waals surface area contributed by atoms with Gasteiger partial charge >= 0.3 is 5.97 Å². The van der Waals surface area contributed by atoms with E-state index in [0.29, 0.717) is 6.26 Å². The molecule has 0 aliphatic heterocycles. The van der Waals surface area contributed by atoms with Gasteiger partial charge in [-0.2, -0.15) is 0 Å². The Bertz CT molecular complexity index is 332. The molecule has 0 aromatic rings. The first-order valence-electron chi connectivity index (χ1n) is 3.95. The smallest absolute Gasteiger partial charge is 0.345 e. The largest absolute Gasteiger partial charge is 0.479 e. The van der Waals surface area contributed by atoms with Crippen LogP contribution in [0, 0.1) is 0 Å². The summed E-state index contributed by atoms with van der Waals surface area (Å²) in [5.74, 6) is -2.11. The van der Waals surface area contributed by atoms with Crippen LogP contribution in [0.15, 0.2) is 0 Å². The van der Waals surface area contributed by atoms with Crippen molar-refractivity contribution in [2.24, 2.45) is 5.73 Å². The number of hydrogen-bond acceptors (Lipinski definition) is 5. The number of hydrogen-bond donors (Lipinski definition) is 2. The minimum absolute atomic E-state index is 0.0710. The van der Waals surface area contributed by atoms with Crippen molar-refractivity contribution in [3.05, 3.63) is 0 Å². The zero-order valence-electron chi connectivity index (χ0n) is 7.98. The third kappa shape index (κ3) is 2.61. The van der Waals surface area contributed by atoms with E-state index in [2.05, 4.69) is 0 Å². The first-order valence-corrected chi connectivity index (χ1v) is 5.84. The summed E-state index contributed by atoms with van der Waals surface area (Å²) in [5.41, 5.74) is 5.03. The third-order valence-electron chi connectivity index (χ3n) is 1.94. The van der Waals surface area contributed by atoms with Crippen molar-refractivity contribution in [1.82, 2.24) is 5.34 Å². The molecule has 1 atom stereocenters. The van der Waals surface area contributed by atoms with Crippen molar-refractivity contribution in [2.45, 2.75) is 17.7 Å². The highest BCUT2D eigenvalue weighted by Gasteiger charge is 2.55. The Balaban J connectivity index is 5.40. The normalized spacial score (nSPS) is 16.3. The fourth-order valence-corrected chi connectivity index (χ4v) is 2.16. The molecule has 0 aliphatic carbocycles. The van der Waals surface area contributed by atoms with Gasteiger partial charge in [-0.1, -0.05) is 8.96 Å². The number of nitrogens with zero attached hydrogens (tertiary/aromatic N) is 1. The number of halogens is 2. The summed E-state index contributed by atoms with van der Waals surface area (Å²) < 4.78 is 47.1. The molecule has 0 bridgehead atoms. The van der Waals surface area contributed by atoms with Gasteiger partial charge in [-0.25, -0.2) is 13.2 Å². The Labute approximate surface area is 85.4 Å². The molecule has 0 aromatic heterocycles. The van der Waals surface area contributed by atoms with Crippen LogP contribution in [0.3, 0.4) is 0 Å². The number of carboxylic acids is 1. The second-order valence-corrected chi connectivity index (χ2v) is 5.21. The lowest BCUT2D eigenvalue weighted by molar-refractivity contribution is -0.214. The highest BCUT2D eigenvalue weighted by Crippen LogP contribution is 2.29. The number of nitrogens with two attached hydrogens (primary N) is 1. The van der Waals surface area contributed by atoms with E-state index in [4.69, 9.17) is 10.8 Å². The number of aliphatic carboxylic acids is 1. The van der Waals surface area contributed by atoms with Crippen molar-refractivity contribution < 1.29 is 27.3 Å². The van der Waals surface area contributed by atoms with E-state index < -0.39 is 32.4 Å². The van der Waals surface area contributed by atoms with E-state index in [1.165, 1.54) is 0 Å². The summed E-state index contributed by atoms with van der Waals surface area (Å²) in [6.45, 7) is -0.0710. The predicted molar refractivity (Wildman–Crippen MR) is 47.6 cm³/mol. The van der Waals surface area contributed by atoms with Crippen molar-refractivity contribution in [1.29, 1.82) is 0 Å². The maximum absolute atomic E-state index is 12.5. The maximum Gasteiger partial charge on any atom is 0.345 e. The van der Waals surface area contributed by atoms with Crippen molar-refractivity contribution in [3.63, 3.8) is 0 Å². The van der Waals surface area contributed by atoms with Crippen LogP contribution in [-0.4, -0.2) is 42.5 Å². The zero-order valence-corrected chi connectivity index (χ0v) is 8.80. The first kappa shape index (κ1) is 14.2. The minimum atomic E-state index is -4.48. The van der Waals surface area contributed by atoms with E-state index in [0.717, 1.165) is 0 Å². The fraction of sp³-hybridized carbons (Fsp3) is 0.833. The fourth-order valence-electron chi connectivity index (χ4n) is 1.07. The summed E-state index contributed by atoms with van der Waals surface area (Å²) in [6.07, 6.45) is -0.446. The number of carbonyl (C=O) groups is 1. The molecule has 0 aliphatic rings. The van der Waals surface area contributed by atoms with Crippen molar-refractivity contribution >= 4 is 15.8 Å². The Morgan fingerprint density at radius 3 is 2.20 bits per heavy atom.